The van der Waals surface area contributed by atoms with Gasteiger partial charge in [0, 0.05) is 42.7 Å². The van der Waals surface area contributed by atoms with Crippen molar-refractivity contribution in [2.75, 3.05) is 0 Å². The highest BCUT2D eigenvalue weighted by Gasteiger charge is 2.22. The fourth-order valence-corrected chi connectivity index (χ4v) is 3.46. The fraction of sp³-hybridized carbons (Fsp3) is 0.286. The van der Waals surface area contributed by atoms with Gasteiger partial charge in [-0.05, 0) is 20.8 Å². The van der Waals surface area contributed by atoms with E-state index in [-0.39, 0.29) is 6.04 Å². The Morgan fingerprint density at radius 1 is 1.11 bits per heavy atom. The van der Waals surface area contributed by atoms with Crippen LogP contribution in [0.15, 0.2) is 55.2 Å². The summed E-state index contributed by atoms with van der Waals surface area (Å²) in [5, 5.41) is 8.99. The maximum Gasteiger partial charge on any atom is 0.0964 e. The molecule has 3 aromatic heterocycles. The first-order chi connectivity index (χ1) is 13.1. The SMILES string of the molecule is CCn1cc(-c2c(-c3ccccc3)ncn2[C@H](C)c2cnn(C)c2)c(C)n1. The lowest BCUT2D eigenvalue weighted by Crippen LogP contribution is -2.07. The van der Waals surface area contributed by atoms with Gasteiger partial charge < -0.3 is 4.57 Å². The van der Waals surface area contributed by atoms with Crippen LogP contribution < -0.4 is 0 Å². The van der Waals surface area contributed by atoms with Gasteiger partial charge >= 0.3 is 0 Å². The molecule has 0 aliphatic rings. The van der Waals surface area contributed by atoms with Crippen LogP contribution in [0.4, 0.5) is 0 Å². The molecule has 1 aromatic carbocycles. The van der Waals surface area contributed by atoms with E-state index in [0.717, 1.165) is 40.3 Å². The van der Waals surface area contributed by atoms with Crippen LogP contribution in [0, 0.1) is 6.92 Å². The molecule has 0 saturated carbocycles. The molecule has 0 N–H and O–H groups in total. The highest BCUT2D eigenvalue weighted by molar-refractivity contribution is 5.79. The average molecular weight is 360 g/mol. The van der Waals surface area contributed by atoms with Crippen molar-refractivity contribution in [2.45, 2.75) is 33.4 Å². The van der Waals surface area contributed by atoms with Gasteiger partial charge in [-0.15, -0.1) is 0 Å². The van der Waals surface area contributed by atoms with E-state index in [4.69, 9.17) is 4.98 Å². The molecular weight excluding hydrogens is 336 g/mol. The normalized spacial score (nSPS) is 12.4. The topological polar surface area (TPSA) is 53.5 Å². The Hall–Kier alpha value is -3.15. The molecule has 0 bridgehead atoms. The van der Waals surface area contributed by atoms with Crippen LogP contribution in [0.25, 0.3) is 22.5 Å². The van der Waals surface area contributed by atoms with Crippen LogP contribution in [0.2, 0.25) is 0 Å². The summed E-state index contributed by atoms with van der Waals surface area (Å²) in [6.07, 6.45) is 8.02. The maximum absolute atomic E-state index is 4.79. The lowest BCUT2D eigenvalue weighted by molar-refractivity contribution is 0.642. The summed E-state index contributed by atoms with van der Waals surface area (Å²) < 4.78 is 6.04. The van der Waals surface area contributed by atoms with Gasteiger partial charge in [-0.3, -0.25) is 9.36 Å². The molecule has 0 saturated heterocycles. The van der Waals surface area contributed by atoms with Gasteiger partial charge in [0.15, 0.2) is 0 Å². The zero-order valence-corrected chi connectivity index (χ0v) is 16.2. The second-order valence-electron chi connectivity index (χ2n) is 6.82. The van der Waals surface area contributed by atoms with E-state index in [1.165, 1.54) is 0 Å². The van der Waals surface area contributed by atoms with Crippen molar-refractivity contribution in [1.82, 2.24) is 29.1 Å². The molecular formula is C21H24N6. The number of imidazole rings is 1. The minimum atomic E-state index is 0.114. The van der Waals surface area contributed by atoms with Gasteiger partial charge in [0.2, 0.25) is 0 Å². The summed E-state index contributed by atoms with van der Waals surface area (Å²) in [4.78, 5) is 4.79. The summed E-state index contributed by atoms with van der Waals surface area (Å²) in [5.74, 6) is 0. The second kappa shape index (κ2) is 6.87. The first-order valence-electron chi connectivity index (χ1n) is 9.23. The quantitative estimate of drug-likeness (QED) is 0.539. The second-order valence-corrected chi connectivity index (χ2v) is 6.82. The zero-order chi connectivity index (χ0) is 19.0. The molecule has 3 heterocycles. The lowest BCUT2D eigenvalue weighted by Gasteiger charge is -2.16. The van der Waals surface area contributed by atoms with Crippen molar-refractivity contribution in [3.8, 4) is 22.5 Å². The molecule has 138 valence electrons. The van der Waals surface area contributed by atoms with Crippen LogP contribution in [0.5, 0.6) is 0 Å². The number of aryl methyl sites for hydroxylation is 3. The highest BCUT2D eigenvalue weighted by atomic mass is 15.3. The Morgan fingerprint density at radius 3 is 2.52 bits per heavy atom. The van der Waals surface area contributed by atoms with Gasteiger partial charge in [0.1, 0.15) is 0 Å². The molecule has 4 aromatic rings. The van der Waals surface area contributed by atoms with Crippen LogP contribution in [0.1, 0.15) is 31.1 Å². The molecule has 0 aliphatic carbocycles. The summed E-state index contributed by atoms with van der Waals surface area (Å²) >= 11 is 0. The number of benzene rings is 1. The zero-order valence-electron chi connectivity index (χ0n) is 16.2. The molecule has 27 heavy (non-hydrogen) atoms. The van der Waals surface area contributed by atoms with Crippen LogP contribution >= 0.6 is 0 Å². The molecule has 0 spiro atoms. The van der Waals surface area contributed by atoms with E-state index in [9.17, 15) is 0 Å². The van der Waals surface area contributed by atoms with Crippen molar-refractivity contribution >= 4 is 0 Å². The van der Waals surface area contributed by atoms with Crippen LogP contribution in [-0.2, 0) is 13.6 Å². The fourth-order valence-electron chi connectivity index (χ4n) is 3.46. The van der Waals surface area contributed by atoms with E-state index >= 15 is 0 Å². The molecule has 4 rings (SSSR count). The van der Waals surface area contributed by atoms with Gasteiger partial charge in [-0.2, -0.15) is 10.2 Å². The van der Waals surface area contributed by atoms with Crippen molar-refractivity contribution in [3.05, 3.63) is 66.5 Å². The van der Waals surface area contributed by atoms with Crippen LogP contribution in [0.3, 0.4) is 0 Å². The standard InChI is InChI=1S/C21H24N6/c1-5-26-13-19(15(2)24-26)21-20(17-9-7-6-8-10-17)22-14-27(21)16(3)18-11-23-25(4)12-18/h6-14,16H,5H2,1-4H3/t16-/m1/s1. The van der Waals surface area contributed by atoms with E-state index in [1.807, 2.05) is 47.1 Å². The molecule has 0 unspecified atom stereocenters. The predicted octanol–water partition coefficient (Wildman–Crippen LogP) is 4.08. The molecule has 1 atom stereocenters. The first-order valence-corrected chi connectivity index (χ1v) is 9.23. The number of nitrogens with zero attached hydrogens (tertiary/aromatic N) is 6. The molecule has 0 fully saturated rings. The van der Waals surface area contributed by atoms with E-state index in [0.29, 0.717) is 0 Å². The third-order valence-electron chi connectivity index (χ3n) is 4.99. The van der Waals surface area contributed by atoms with Crippen LogP contribution in [-0.4, -0.2) is 29.1 Å². The third-order valence-corrected chi connectivity index (χ3v) is 4.99. The van der Waals surface area contributed by atoms with Gasteiger partial charge in [-0.25, -0.2) is 4.98 Å². The summed E-state index contributed by atoms with van der Waals surface area (Å²) in [6.45, 7) is 7.18. The number of rotatable bonds is 5. The Labute approximate surface area is 159 Å². The minimum absolute atomic E-state index is 0.114. The Bertz CT molecular complexity index is 1050. The number of hydrogen-bond acceptors (Lipinski definition) is 3. The maximum atomic E-state index is 4.79. The summed E-state index contributed by atoms with van der Waals surface area (Å²) in [5.41, 5.74) is 6.45. The van der Waals surface area contributed by atoms with Crippen molar-refractivity contribution in [2.24, 2.45) is 7.05 Å². The first kappa shape index (κ1) is 17.3. The Balaban J connectivity index is 1.92. The largest absolute Gasteiger partial charge is 0.323 e. The third kappa shape index (κ3) is 3.07. The Kier molecular flexibility index (Phi) is 4.39. The van der Waals surface area contributed by atoms with Crippen molar-refractivity contribution in [3.63, 3.8) is 0 Å². The number of hydrogen-bond donors (Lipinski definition) is 0. The van der Waals surface area contributed by atoms with Crippen molar-refractivity contribution in [1.29, 1.82) is 0 Å². The van der Waals surface area contributed by atoms with Crippen molar-refractivity contribution < 1.29 is 0 Å². The smallest absolute Gasteiger partial charge is 0.0964 e. The van der Waals surface area contributed by atoms with E-state index < -0.39 is 0 Å². The monoisotopic (exact) mass is 360 g/mol. The molecule has 0 aliphatic heterocycles. The lowest BCUT2D eigenvalue weighted by atomic mass is 10.0. The molecule has 0 amide bonds. The molecule has 6 heteroatoms. The molecule has 6 nitrogen and oxygen atoms in total. The highest BCUT2D eigenvalue weighted by Crippen LogP contribution is 2.36. The minimum Gasteiger partial charge on any atom is -0.323 e. The van der Waals surface area contributed by atoms with Gasteiger partial charge in [-0.1, -0.05) is 30.3 Å². The Morgan fingerprint density at radius 2 is 1.89 bits per heavy atom. The van der Waals surface area contributed by atoms with E-state index in [2.05, 4.69) is 60.1 Å². The van der Waals surface area contributed by atoms with Gasteiger partial charge in [0.05, 0.1) is 35.6 Å². The van der Waals surface area contributed by atoms with Gasteiger partial charge in [0.25, 0.3) is 0 Å². The number of aromatic nitrogens is 6. The summed E-state index contributed by atoms with van der Waals surface area (Å²) in [7, 11) is 1.94. The van der Waals surface area contributed by atoms with E-state index in [1.54, 1.807) is 0 Å². The predicted molar refractivity (Wildman–Crippen MR) is 106 cm³/mol. The molecule has 0 radical (unpaired) electrons. The summed E-state index contributed by atoms with van der Waals surface area (Å²) in [6, 6.07) is 10.4. The average Bonchev–Trinajstić information content (AvgIpc) is 3.39.